The van der Waals surface area contributed by atoms with Gasteiger partial charge in [0, 0.05) is 23.3 Å². The topological polar surface area (TPSA) is 76.6 Å². The van der Waals surface area contributed by atoms with Crippen LogP contribution in [0.4, 0.5) is 0 Å². The zero-order valence-electron chi connectivity index (χ0n) is 16.4. The number of fused-ring (bicyclic) bond motifs is 1. The molecule has 0 unspecified atom stereocenters. The van der Waals surface area contributed by atoms with Gasteiger partial charge in [-0.25, -0.2) is 4.98 Å². The lowest BCUT2D eigenvalue weighted by molar-refractivity contribution is -0.144. The number of rotatable bonds is 7. The highest BCUT2D eigenvalue weighted by Crippen LogP contribution is 2.32. The first-order chi connectivity index (χ1) is 14.7. The molecule has 3 heterocycles. The molecule has 30 heavy (non-hydrogen) atoms. The Hall–Kier alpha value is -3.63. The SMILES string of the molecule is CCOc1ccccc1-c1nc(CC(=O)OCc2cn3ccccc3c2C#N)cs1. The molecule has 0 atom stereocenters. The summed E-state index contributed by atoms with van der Waals surface area (Å²) in [6.07, 6.45) is 3.74. The molecule has 7 heteroatoms. The number of hydrogen-bond acceptors (Lipinski definition) is 6. The number of esters is 1. The molecule has 0 amide bonds. The minimum absolute atomic E-state index is 0.0492. The average molecular weight is 417 g/mol. The van der Waals surface area contributed by atoms with Crippen LogP contribution < -0.4 is 4.74 Å². The molecule has 0 aliphatic heterocycles. The molecular formula is C23H19N3O3S. The van der Waals surface area contributed by atoms with Gasteiger partial charge >= 0.3 is 5.97 Å². The third kappa shape index (κ3) is 4.04. The van der Waals surface area contributed by atoms with Gasteiger partial charge in [0.05, 0.1) is 35.4 Å². The maximum atomic E-state index is 12.3. The van der Waals surface area contributed by atoms with Crippen LogP contribution in [0.1, 0.15) is 23.7 Å². The molecule has 0 aliphatic rings. The fourth-order valence-corrected chi connectivity index (χ4v) is 4.06. The summed E-state index contributed by atoms with van der Waals surface area (Å²) in [6, 6.07) is 15.5. The minimum atomic E-state index is -0.385. The molecule has 3 aromatic heterocycles. The van der Waals surface area contributed by atoms with E-state index in [1.807, 2.05) is 71.6 Å². The third-order valence-corrected chi connectivity index (χ3v) is 5.48. The monoisotopic (exact) mass is 417 g/mol. The predicted molar refractivity (Wildman–Crippen MR) is 114 cm³/mol. The quantitative estimate of drug-likeness (QED) is 0.410. The van der Waals surface area contributed by atoms with E-state index in [0.29, 0.717) is 23.4 Å². The van der Waals surface area contributed by atoms with Crippen LogP contribution in [0.2, 0.25) is 0 Å². The normalized spacial score (nSPS) is 10.7. The molecular weight excluding hydrogens is 398 g/mol. The number of nitriles is 1. The first-order valence-electron chi connectivity index (χ1n) is 9.50. The Kier molecular flexibility index (Phi) is 5.77. The molecule has 4 rings (SSSR count). The molecule has 1 aromatic carbocycles. The highest BCUT2D eigenvalue weighted by molar-refractivity contribution is 7.13. The number of aromatic nitrogens is 2. The van der Waals surface area contributed by atoms with Gasteiger partial charge in [0.25, 0.3) is 0 Å². The summed E-state index contributed by atoms with van der Waals surface area (Å²) in [5.41, 5.74) is 3.55. The summed E-state index contributed by atoms with van der Waals surface area (Å²) in [5.74, 6) is 0.386. The molecule has 0 radical (unpaired) electrons. The van der Waals surface area contributed by atoms with Crippen molar-refractivity contribution in [1.29, 1.82) is 5.26 Å². The van der Waals surface area contributed by atoms with E-state index in [9.17, 15) is 10.1 Å². The number of para-hydroxylation sites is 1. The van der Waals surface area contributed by atoms with Crippen LogP contribution in [-0.2, 0) is 22.6 Å². The second kappa shape index (κ2) is 8.80. The van der Waals surface area contributed by atoms with Crippen LogP contribution in [0.25, 0.3) is 16.1 Å². The van der Waals surface area contributed by atoms with Gasteiger partial charge in [-0.05, 0) is 31.2 Å². The lowest BCUT2D eigenvalue weighted by Crippen LogP contribution is -2.08. The lowest BCUT2D eigenvalue weighted by Gasteiger charge is -2.07. The summed E-state index contributed by atoms with van der Waals surface area (Å²) in [6.45, 7) is 2.56. The molecule has 150 valence electrons. The third-order valence-electron chi connectivity index (χ3n) is 4.56. The molecule has 4 aromatic rings. The molecule has 0 N–H and O–H groups in total. The molecule has 0 fully saturated rings. The number of thiazole rings is 1. The van der Waals surface area contributed by atoms with Gasteiger partial charge in [0.15, 0.2) is 0 Å². The second-order valence-electron chi connectivity index (χ2n) is 6.54. The smallest absolute Gasteiger partial charge is 0.312 e. The predicted octanol–water partition coefficient (Wildman–Crippen LogP) is 4.62. The number of pyridine rings is 1. The van der Waals surface area contributed by atoms with Crippen molar-refractivity contribution in [2.45, 2.75) is 20.0 Å². The number of nitrogens with zero attached hydrogens (tertiary/aromatic N) is 3. The van der Waals surface area contributed by atoms with E-state index in [0.717, 1.165) is 21.8 Å². The number of carbonyl (C=O) groups excluding carboxylic acids is 1. The standard InChI is InChI=1S/C23H19N3O3S/c1-2-28-21-9-4-3-7-18(21)23-25-17(15-30-23)11-22(27)29-14-16-13-26-10-6-5-8-20(26)19(16)12-24/h3-10,13,15H,2,11,14H2,1H3. The van der Waals surface area contributed by atoms with Crippen molar-refractivity contribution >= 4 is 22.8 Å². The van der Waals surface area contributed by atoms with Gasteiger partial charge in [-0.2, -0.15) is 5.26 Å². The van der Waals surface area contributed by atoms with E-state index < -0.39 is 0 Å². The number of benzene rings is 1. The number of hydrogen-bond donors (Lipinski definition) is 0. The molecule has 0 spiro atoms. The summed E-state index contributed by atoms with van der Waals surface area (Å²) in [5, 5.41) is 12.1. The molecule has 0 saturated heterocycles. The van der Waals surface area contributed by atoms with Crippen LogP contribution >= 0.6 is 11.3 Å². The first-order valence-corrected chi connectivity index (χ1v) is 10.4. The van der Waals surface area contributed by atoms with Crippen molar-refractivity contribution in [1.82, 2.24) is 9.38 Å². The largest absolute Gasteiger partial charge is 0.493 e. The zero-order valence-corrected chi connectivity index (χ0v) is 17.2. The van der Waals surface area contributed by atoms with Gasteiger partial charge in [0.2, 0.25) is 0 Å². The number of ether oxygens (including phenoxy) is 2. The van der Waals surface area contributed by atoms with Crippen molar-refractivity contribution in [3.05, 3.63) is 77.1 Å². The summed E-state index contributed by atoms with van der Waals surface area (Å²) >= 11 is 1.46. The Morgan fingerprint density at radius 1 is 1.23 bits per heavy atom. The van der Waals surface area contributed by atoms with Gasteiger partial charge in [0.1, 0.15) is 23.4 Å². The van der Waals surface area contributed by atoms with Crippen LogP contribution in [0, 0.1) is 11.3 Å². The van der Waals surface area contributed by atoms with E-state index in [-0.39, 0.29) is 19.0 Å². The maximum absolute atomic E-state index is 12.3. The van der Waals surface area contributed by atoms with E-state index in [1.165, 1.54) is 11.3 Å². The summed E-state index contributed by atoms with van der Waals surface area (Å²) < 4.78 is 12.9. The fourth-order valence-electron chi connectivity index (χ4n) is 3.21. The lowest BCUT2D eigenvalue weighted by atomic mass is 10.2. The average Bonchev–Trinajstić information content (AvgIpc) is 3.37. The summed E-state index contributed by atoms with van der Waals surface area (Å²) in [7, 11) is 0. The van der Waals surface area contributed by atoms with Gasteiger partial charge in [-0.15, -0.1) is 11.3 Å². The second-order valence-corrected chi connectivity index (χ2v) is 7.40. The van der Waals surface area contributed by atoms with Crippen molar-refractivity contribution in [2.75, 3.05) is 6.61 Å². The highest BCUT2D eigenvalue weighted by atomic mass is 32.1. The maximum Gasteiger partial charge on any atom is 0.312 e. The number of carbonyl (C=O) groups is 1. The Morgan fingerprint density at radius 2 is 2.07 bits per heavy atom. The Labute approximate surface area is 177 Å². The van der Waals surface area contributed by atoms with Crippen LogP contribution in [0.5, 0.6) is 5.75 Å². The van der Waals surface area contributed by atoms with E-state index in [4.69, 9.17) is 9.47 Å². The molecule has 0 aliphatic carbocycles. The fraction of sp³-hybridized carbons (Fsp3) is 0.174. The van der Waals surface area contributed by atoms with Crippen LogP contribution in [0.3, 0.4) is 0 Å². The Morgan fingerprint density at radius 3 is 2.90 bits per heavy atom. The summed E-state index contributed by atoms with van der Waals surface area (Å²) in [4.78, 5) is 16.9. The van der Waals surface area contributed by atoms with Crippen LogP contribution in [0.15, 0.2) is 60.2 Å². The van der Waals surface area contributed by atoms with E-state index in [1.54, 1.807) is 0 Å². The van der Waals surface area contributed by atoms with Crippen molar-refractivity contribution < 1.29 is 14.3 Å². The van der Waals surface area contributed by atoms with E-state index >= 15 is 0 Å². The zero-order chi connectivity index (χ0) is 20.9. The molecule has 6 nitrogen and oxygen atoms in total. The van der Waals surface area contributed by atoms with Gasteiger partial charge in [-0.3, -0.25) is 4.79 Å². The Balaban J connectivity index is 1.43. The van der Waals surface area contributed by atoms with Crippen molar-refractivity contribution in [3.63, 3.8) is 0 Å². The first kappa shape index (κ1) is 19.7. The molecule has 0 saturated carbocycles. The van der Waals surface area contributed by atoms with Gasteiger partial charge in [-0.1, -0.05) is 18.2 Å². The Bertz CT molecular complexity index is 1240. The minimum Gasteiger partial charge on any atom is -0.493 e. The highest BCUT2D eigenvalue weighted by Gasteiger charge is 2.15. The van der Waals surface area contributed by atoms with Crippen molar-refractivity contribution in [3.8, 4) is 22.4 Å². The van der Waals surface area contributed by atoms with Crippen LogP contribution in [-0.4, -0.2) is 22.0 Å². The van der Waals surface area contributed by atoms with Gasteiger partial charge < -0.3 is 13.9 Å². The molecule has 0 bridgehead atoms. The van der Waals surface area contributed by atoms with Crippen molar-refractivity contribution in [2.24, 2.45) is 0 Å². The van der Waals surface area contributed by atoms with E-state index in [2.05, 4.69) is 11.1 Å².